The molecule has 266 valence electrons. The molecular weight excluding hydrogens is 653 g/mol. The minimum atomic E-state index is -0.607. The van der Waals surface area contributed by atoms with Crippen molar-refractivity contribution in [3.05, 3.63) is 64.0 Å². The number of nitrogens with one attached hydrogen (secondary N) is 2. The molecule has 0 spiro atoms. The molecule has 7 heterocycles. The lowest BCUT2D eigenvalue weighted by Gasteiger charge is -2.35. The van der Waals surface area contributed by atoms with Crippen LogP contribution in [0.3, 0.4) is 0 Å². The number of aromatic nitrogens is 3. The topological polar surface area (TPSA) is 134 Å². The summed E-state index contributed by atoms with van der Waals surface area (Å²) in [5, 5.41) is 24.2. The zero-order valence-corrected chi connectivity index (χ0v) is 28.8. The first-order valence-corrected chi connectivity index (χ1v) is 17.7. The van der Waals surface area contributed by atoms with Crippen molar-refractivity contribution in [2.75, 3.05) is 53.5 Å². The zero-order valence-electron chi connectivity index (χ0n) is 28.8. The highest BCUT2D eigenvalue weighted by Crippen LogP contribution is 2.43. The monoisotopic (exact) mass is 695 g/mol. The lowest BCUT2D eigenvalue weighted by molar-refractivity contribution is 0.0493. The molecule has 13 heteroatoms. The van der Waals surface area contributed by atoms with Gasteiger partial charge in [-0.2, -0.15) is 9.78 Å². The van der Waals surface area contributed by atoms with E-state index in [0.29, 0.717) is 40.6 Å². The van der Waals surface area contributed by atoms with E-state index in [9.17, 15) is 19.1 Å². The van der Waals surface area contributed by atoms with E-state index in [2.05, 4.69) is 26.6 Å². The molecule has 2 aromatic carbocycles. The van der Waals surface area contributed by atoms with E-state index in [1.54, 1.807) is 26.4 Å². The Morgan fingerprint density at radius 2 is 2.06 bits per heavy atom. The largest absolute Gasteiger partial charge is 0.508 e. The number of pyridine rings is 1. The second-order valence-corrected chi connectivity index (χ2v) is 14.6. The molecule has 0 saturated carbocycles. The Hall–Kier alpha value is -4.77. The van der Waals surface area contributed by atoms with Gasteiger partial charge in [-0.15, -0.1) is 6.42 Å². The third-order valence-corrected chi connectivity index (χ3v) is 11.4. The van der Waals surface area contributed by atoms with Crippen LogP contribution in [0.15, 0.2) is 41.3 Å². The lowest BCUT2D eigenvalue weighted by Crippen LogP contribution is -2.48. The predicted molar refractivity (Wildman–Crippen MR) is 190 cm³/mol. The highest BCUT2D eigenvalue weighted by atomic mass is 19.1. The summed E-state index contributed by atoms with van der Waals surface area (Å²) in [5.74, 6) is 2.36. The summed E-state index contributed by atoms with van der Waals surface area (Å²) < 4.78 is 28.3. The van der Waals surface area contributed by atoms with E-state index in [4.69, 9.17) is 20.9 Å². The predicted octanol–water partition coefficient (Wildman–Crippen LogP) is 3.50. The van der Waals surface area contributed by atoms with Gasteiger partial charge in [-0.1, -0.05) is 12.0 Å². The Kier molecular flexibility index (Phi) is 8.56. The SMILES string of the molecule is C#Cc1c(F)ccc2cc(O)cc(-n3ncc4c(C5CC6CNCC5CN6)nc(OC[C@]56CCCN5[C@@H](COC(=O)N(C)C)CC6)cc4c3=O)c12. The van der Waals surface area contributed by atoms with Gasteiger partial charge in [0.25, 0.3) is 5.56 Å². The molecule has 0 radical (unpaired) electrons. The summed E-state index contributed by atoms with van der Waals surface area (Å²) in [7, 11) is 3.35. The first-order chi connectivity index (χ1) is 24.7. The molecule has 4 aromatic rings. The number of benzene rings is 2. The van der Waals surface area contributed by atoms with Crippen LogP contribution in [0, 0.1) is 24.1 Å². The Morgan fingerprint density at radius 1 is 1.20 bits per heavy atom. The van der Waals surface area contributed by atoms with Crippen molar-refractivity contribution in [2.24, 2.45) is 5.92 Å². The molecule has 3 unspecified atom stereocenters. The minimum Gasteiger partial charge on any atom is -0.508 e. The first-order valence-electron chi connectivity index (χ1n) is 17.7. The fraction of sp³-hybridized carbons (Fsp3) is 0.474. The minimum absolute atomic E-state index is 0.0167. The number of fused-ring (bicyclic) bond motifs is 7. The number of hydrogen-bond acceptors (Lipinski definition) is 10. The Balaban J connectivity index is 1.20. The summed E-state index contributed by atoms with van der Waals surface area (Å²) in [4.78, 5) is 35.7. The van der Waals surface area contributed by atoms with E-state index in [1.807, 2.05) is 0 Å². The standard InChI is InChI=1S/C38H42FN7O5/c1-4-27-31(39)7-6-22-12-26(47)14-32(34(22)27)46-36(48)29-15-33(43-35(30(29)19-42-46)28-13-24-18-40-16-23(28)17-41-24)51-21-38-9-5-11-45(38)25(8-10-38)20-50-37(49)44(2)3/h1,6-7,12,14-15,19,23-25,28,40-41,47H,5,8-11,13,16-18,20-21H2,2-3H3/t23?,24?,25-,28?,38-/m1/s1. The van der Waals surface area contributed by atoms with Crippen molar-refractivity contribution in [1.29, 1.82) is 0 Å². The van der Waals surface area contributed by atoms with Gasteiger partial charge < -0.3 is 30.1 Å². The summed E-state index contributed by atoms with van der Waals surface area (Å²) in [6.45, 7) is 4.10. The summed E-state index contributed by atoms with van der Waals surface area (Å²) in [6.07, 6.45) is 11.6. The van der Waals surface area contributed by atoms with Crippen molar-refractivity contribution >= 4 is 27.6 Å². The number of rotatable bonds is 7. The van der Waals surface area contributed by atoms with Gasteiger partial charge in [0, 0.05) is 68.1 Å². The summed E-state index contributed by atoms with van der Waals surface area (Å²) in [6, 6.07) is 7.68. The number of carbonyl (C=O) groups is 1. The maximum Gasteiger partial charge on any atom is 0.409 e. The molecule has 2 aromatic heterocycles. The molecule has 3 N–H and O–H groups in total. The number of phenols is 1. The van der Waals surface area contributed by atoms with Gasteiger partial charge in [0.1, 0.15) is 24.8 Å². The van der Waals surface area contributed by atoms with Crippen molar-refractivity contribution in [1.82, 2.24) is 35.2 Å². The molecule has 5 aliphatic rings. The number of piperidine rings is 1. The molecule has 5 atom stereocenters. The molecule has 0 aliphatic carbocycles. The number of phenolic OH excluding ortho intramolecular Hbond substituents is 1. The van der Waals surface area contributed by atoms with Crippen LogP contribution in [-0.2, 0) is 4.74 Å². The van der Waals surface area contributed by atoms with Crippen LogP contribution in [-0.4, -0.2) is 107 Å². The van der Waals surface area contributed by atoms with Crippen LogP contribution in [0.25, 0.3) is 27.2 Å². The van der Waals surface area contributed by atoms with Crippen molar-refractivity contribution in [2.45, 2.75) is 55.6 Å². The number of carbonyl (C=O) groups excluding carboxylic acids is 1. The number of amides is 1. The quantitative estimate of drug-likeness (QED) is 0.247. The number of terminal acetylenes is 1. The molecule has 9 rings (SSSR count). The maximum absolute atomic E-state index is 15.0. The van der Waals surface area contributed by atoms with Crippen molar-refractivity contribution in [3.8, 4) is 29.7 Å². The van der Waals surface area contributed by atoms with Gasteiger partial charge in [0.2, 0.25) is 5.88 Å². The Bertz CT molecular complexity index is 2130. The van der Waals surface area contributed by atoms with Crippen LogP contribution >= 0.6 is 0 Å². The molecule has 5 aliphatic heterocycles. The normalized spacial score (nSPS) is 25.8. The summed E-state index contributed by atoms with van der Waals surface area (Å²) >= 11 is 0. The van der Waals surface area contributed by atoms with Crippen LogP contribution < -0.4 is 20.9 Å². The fourth-order valence-electron chi connectivity index (χ4n) is 8.87. The van der Waals surface area contributed by atoms with Gasteiger partial charge in [-0.05, 0) is 68.6 Å². The molecular formula is C38H42FN7O5. The molecule has 12 nitrogen and oxygen atoms in total. The van der Waals surface area contributed by atoms with Gasteiger partial charge in [-0.25, -0.2) is 14.2 Å². The highest BCUT2D eigenvalue weighted by Gasteiger charge is 2.50. The van der Waals surface area contributed by atoms with Crippen molar-refractivity contribution < 1.29 is 23.8 Å². The number of ether oxygens (including phenoxy) is 2. The number of nitrogens with zero attached hydrogens (tertiary/aromatic N) is 5. The molecule has 2 bridgehead atoms. The zero-order chi connectivity index (χ0) is 35.4. The molecule has 51 heavy (non-hydrogen) atoms. The van der Waals surface area contributed by atoms with Crippen LogP contribution in [0.1, 0.15) is 49.3 Å². The Morgan fingerprint density at radius 3 is 2.88 bits per heavy atom. The average Bonchev–Trinajstić information content (AvgIpc) is 3.51. The Labute approximate surface area is 294 Å². The van der Waals surface area contributed by atoms with Gasteiger partial charge in [0.05, 0.1) is 34.1 Å². The average molecular weight is 696 g/mol. The van der Waals surface area contributed by atoms with E-state index >= 15 is 0 Å². The van der Waals surface area contributed by atoms with Crippen molar-refractivity contribution in [3.63, 3.8) is 0 Å². The first kappa shape index (κ1) is 33.4. The third-order valence-electron chi connectivity index (χ3n) is 11.4. The van der Waals surface area contributed by atoms with Gasteiger partial charge >= 0.3 is 6.09 Å². The molecule has 5 saturated heterocycles. The van der Waals surface area contributed by atoms with E-state index in [0.717, 1.165) is 64.0 Å². The maximum atomic E-state index is 15.0. The second-order valence-electron chi connectivity index (χ2n) is 14.6. The summed E-state index contributed by atoms with van der Waals surface area (Å²) in [5.41, 5.74) is 0.253. The van der Waals surface area contributed by atoms with E-state index in [1.165, 1.54) is 33.8 Å². The molecule has 5 fully saturated rings. The van der Waals surface area contributed by atoms with E-state index < -0.39 is 11.4 Å². The van der Waals surface area contributed by atoms with E-state index in [-0.39, 0.29) is 52.6 Å². The second kappa shape index (κ2) is 13.1. The lowest BCUT2D eigenvalue weighted by atomic mass is 9.81. The van der Waals surface area contributed by atoms with Crippen LogP contribution in [0.4, 0.5) is 9.18 Å². The fourth-order valence-corrected chi connectivity index (χ4v) is 8.87. The highest BCUT2D eigenvalue weighted by molar-refractivity contribution is 5.97. The van der Waals surface area contributed by atoms with Gasteiger partial charge in [-0.3, -0.25) is 9.69 Å². The van der Waals surface area contributed by atoms with Crippen LogP contribution in [0.2, 0.25) is 0 Å². The van der Waals surface area contributed by atoms with Gasteiger partial charge in [0.15, 0.2) is 0 Å². The smallest absolute Gasteiger partial charge is 0.409 e. The number of hydrogen-bond donors (Lipinski definition) is 3. The third kappa shape index (κ3) is 5.85. The molecule has 1 amide bonds. The number of halogens is 1. The van der Waals surface area contributed by atoms with Crippen LogP contribution in [0.5, 0.6) is 11.6 Å². The number of aromatic hydroxyl groups is 1.